The van der Waals surface area contributed by atoms with E-state index in [-0.39, 0.29) is 11.8 Å². The van der Waals surface area contributed by atoms with Gasteiger partial charge in [0.05, 0.1) is 5.56 Å². The second-order valence-corrected chi connectivity index (χ2v) is 6.84. The van der Waals surface area contributed by atoms with Crippen molar-refractivity contribution in [1.82, 2.24) is 9.80 Å². The Balaban J connectivity index is 1.61. The molecule has 0 aromatic heterocycles. The quantitative estimate of drug-likeness (QED) is 0.733. The van der Waals surface area contributed by atoms with Gasteiger partial charge in [0.15, 0.2) is 0 Å². The van der Waals surface area contributed by atoms with Gasteiger partial charge in [-0.1, -0.05) is 36.4 Å². The summed E-state index contributed by atoms with van der Waals surface area (Å²) in [5, 5.41) is 0. The monoisotopic (exact) mass is 392 g/mol. The minimum absolute atomic E-state index is 0.0213. The summed E-state index contributed by atoms with van der Waals surface area (Å²) in [5.41, 5.74) is 0.369. The molecule has 1 heterocycles. The molecule has 0 aliphatic carbocycles. The molecule has 28 heavy (non-hydrogen) atoms. The van der Waals surface area contributed by atoms with Crippen LogP contribution in [0.15, 0.2) is 54.6 Å². The average molecular weight is 392 g/mol. The summed E-state index contributed by atoms with van der Waals surface area (Å²) >= 11 is 0. The summed E-state index contributed by atoms with van der Waals surface area (Å²) in [6.07, 6.45) is -4.29. The van der Waals surface area contributed by atoms with Crippen LogP contribution in [0.3, 0.4) is 0 Å². The Morgan fingerprint density at radius 2 is 1.93 bits per heavy atom. The topological polar surface area (TPSA) is 32.8 Å². The molecule has 7 heteroatoms. The van der Waals surface area contributed by atoms with E-state index in [0.29, 0.717) is 13.1 Å². The van der Waals surface area contributed by atoms with Crippen molar-refractivity contribution in [2.45, 2.75) is 32.1 Å². The number of likely N-dealkylation sites (tertiary alicyclic amines) is 1. The maximum Gasteiger partial charge on any atom is 0.416 e. The standard InChI is InChI=1S/C21H23F3N2O2/c1-2-26(18-11-12-25(15-18)14-16-7-4-3-5-8-16)20(27)28-19-10-6-9-17(13-19)21(22,23)24/h3-10,13,18H,2,11-12,14-15H2,1H3. The van der Waals surface area contributed by atoms with Gasteiger partial charge in [0.2, 0.25) is 0 Å². The molecule has 1 saturated heterocycles. The highest BCUT2D eigenvalue weighted by Gasteiger charge is 2.33. The zero-order valence-electron chi connectivity index (χ0n) is 15.7. The molecule has 2 aromatic carbocycles. The number of ether oxygens (including phenoxy) is 1. The van der Waals surface area contributed by atoms with Crippen molar-refractivity contribution in [1.29, 1.82) is 0 Å². The van der Waals surface area contributed by atoms with Gasteiger partial charge in [0, 0.05) is 32.2 Å². The highest BCUT2D eigenvalue weighted by Crippen LogP contribution is 2.31. The third kappa shape index (κ3) is 5.04. The van der Waals surface area contributed by atoms with E-state index in [4.69, 9.17) is 4.74 Å². The average Bonchev–Trinajstić information content (AvgIpc) is 3.10. The molecule has 0 N–H and O–H groups in total. The van der Waals surface area contributed by atoms with E-state index in [9.17, 15) is 18.0 Å². The van der Waals surface area contributed by atoms with E-state index >= 15 is 0 Å². The summed E-state index contributed by atoms with van der Waals surface area (Å²) in [7, 11) is 0. The normalized spacial score (nSPS) is 17.5. The second kappa shape index (κ2) is 8.65. The van der Waals surface area contributed by atoms with E-state index < -0.39 is 17.8 Å². The molecule has 1 atom stereocenters. The van der Waals surface area contributed by atoms with Crippen LogP contribution in [-0.2, 0) is 12.7 Å². The molecule has 150 valence electrons. The lowest BCUT2D eigenvalue weighted by Crippen LogP contribution is -2.43. The lowest BCUT2D eigenvalue weighted by molar-refractivity contribution is -0.137. The molecule has 1 fully saturated rings. The van der Waals surface area contributed by atoms with Crippen molar-refractivity contribution in [2.24, 2.45) is 0 Å². The number of carbonyl (C=O) groups is 1. The van der Waals surface area contributed by atoms with Gasteiger partial charge in [-0.25, -0.2) is 4.79 Å². The Bertz CT molecular complexity index is 796. The molecule has 1 aliphatic rings. The Morgan fingerprint density at radius 3 is 2.61 bits per heavy atom. The molecule has 2 aromatic rings. The molecular weight excluding hydrogens is 369 g/mol. The predicted octanol–water partition coefficient (Wildman–Crippen LogP) is 4.80. The van der Waals surface area contributed by atoms with Crippen LogP contribution < -0.4 is 4.74 Å². The largest absolute Gasteiger partial charge is 0.416 e. The van der Waals surface area contributed by atoms with Gasteiger partial charge in [-0.15, -0.1) is 0 Å². The molecule has 0 saturated carbocycles. The second-order valence-electron chi connectivity index (χ2n) is 6.84. The van der Waals surface area contributed by atoms with E-state index in [2.05, 4.69) is 17.0 Å². The molecule has 0 radical (unpaired) electrons. The third-order valence-electron chi connectivity index (χ3n) is 4.88. The van der Waals surface area contributed by atoms with Crippen molar-refractivity contribution in [3.63, 3.8) is 0 Å². The lowest BCUT2D eigenvalue weighted by Gasteiger charge is -2.27. The van der Waals surface area contributed by atoms with Gasteiger partial charge in [-0.05, 0) is 37.1 Å². The van der Waals surface area contributed by atoms with Crippen molar-refractivity contribution in [2.75, 3.05) is 19.6 Å². The number of benzene rings is 2. The number of nitrogens with zero attached hydrogens (tertiary/aromatic N) is 2. The van der Waals surface area contributed by atoms with E-state index in [1.54, 1.807) is 4.90 Å². The Kier molecular flexibility index (Phi) is 6.24. The van der Waals surface area contributed by atoms with Gasteiger partial charge < -0.3 is 9.64 Å². The van der Waals surface area contributed by atoms with E-state index in [0.717, 1.165) is 31.6 Å². The van der Waals surface area contributed by atoms with Crippen LogP contribution >= 0.6 is 0 Å². The molecular formula is C21H23F3N2O2. The maximum absolute atomic E-state index is 12.8. The lowest BCUT2D eigenvalue weighted by atomic mass is 10.2. The highest BCUT2D eigenvalue weighted by molar-refractivity contribution is 5.71. The summed E-state index contributed by atoms with van der Waals surface area (Å²) in [4.78, 5) is 16.4. The van der Waals surface area contributed by atoms with E-state index in [1.807, 2.05) is 25.1 Å². The molecule has 0 spiro atoms. The molecule has 1 aliphatic heterocycles. The van der Waals surface area contributed by atoms with Gasteiger partial charge in [-0.2, -0.15) is 13.2 Å². The summed E-state index contributed by atoms with van der Waals surface area (Å²) in [6.45, 7) is 4.64. The Morgan fingerprint density at radius 1 is 1.18 bits per heavy atom. The van der Waals surface area contributed by atoms with Crippen LogP contribution in [-0.4, -0.2) is 41.6 Å². The SMILES string of the molecule is CCN(C(=O)Oc1cccc(C(F)(F)F)c1)C1CCN(Cc2ccccc2)C1. The van der Waals surface area contributed by atoms with Crippen molar-refractivity contribution >= 4 is 6.09 Å². The van der Waals surface area contributed by atoms with Crippen LogP contribution in [0.4, 0.5) is 18.0 Å². The van der Waals surface area contributed by atoms with E-state index in [1.165, 1.54) is 17.7 Å². The highest BCUT2D eigenvalue weighted by atomic mass is 19.4. The zero-order chi connectivity index (χ0) is 20.1. The van der Waals surface area contributed by atoms with Crippen LogP contribution in [0.1, 0.15) is 24.5 Å². The minimum atomic E-state index is -4.48. The fourth-order valence-electron chi connectivity index (χ4n) is 3.48. The first-order chi connectivity index (χ1) is 13.4. The number of carbonyl (C=O) groups excluding carboxylic acids is 1. The van der Waals surface area contributed by atoms with Gasteiger partial charge in [-0.3, -0.25) is 4.90 Å². The zero-order valence-corrected chi connectivity index (χ0v) is 15.7. The first-order valence-electron chi connectivity index (χ1n) is 9.29. The number of amides is 1. The number of halogens is 3. The van der Waals surface area contributed by atoms with Crippen molar-refractivity contribution in [3.8, 4) is 5.75 Å². The third-order valence-corrected chi connectivity index (χ3v) is 4.88. The number of hydrogen-bond donors (Lipinski definition) is 0. The molecule has 0 bridgehead atoms. The predicted molar refractivity (Wildman–Crippen MR) is 100.0 cm³/mol. The van der Waals surface area contributed by atoms with Crippen LogP contribution in [0.25, 0.3) is 0 Å². The number of hydrogen-bond acceptors (Lipinski definition) is 3. The molecule has 1 amide bonds. The van der Waals surface area contributed by atoms with Gasteiger partial charge >= 0.3 is 12.3 Å². The van der Waals surface area contributed by atoms with Crippen LogP contribution in [0, 0.1) is 0 Å². The summed E-state index contributed by atoms with van der Waals surface area (Å²) < 4.78 is 43.8. The smallest absolute Gasteiger partial charge is 0.410 e. The summed E-state index contributed by atoms with van der Waals surface area (Å²) in [6, 6.07) is 14.5. The summed E-state index contributed by atoms with van der Waals surface area (Å²) in [5.74, 6) is -0.0996. The first kappa shape index (κ1) is 20.2. The first-order valence-corrected chi connectivity index (χ1v) is 9.29. The Labute approximate surface area is 162 Å². The molecule has 4 nitrogen and oxygen atoms in total. The van der Waals surface area contributed by atoms with Crippen LogP contribution in [0.2, 0.25) is 0 Å². The number of alkyl halides is 3. The molecule has 3 rings (SSSR count). The Hall–Kier alpha value is -2.54. The maximum atomic E-state index is 12.8. The number of likely N-dealkylation sites (N-methyl/N-ethyl adjacent to an activating group) is 1. The van der Waals surface area contributed by atoms with Gasteiger partial charge in [0.25, 0.3) is 0 Å². The van der Waals surface area contributed by atoms with Crippen molar-refractivity contribution < 1.29 is 22.7 Å². The van der Waals surface area contributed by atoms with Gasteiger partial charge in [0.1, 0.15) is 5.75 Å². The molecule has 1 unspecified atom stereocenters. The van der Waals surface area contributed by atoms with Crippen molar-refractivity contribution in [3.05, 3.63) is 65.7 Å². The van der Waals surface area contributed by atoms with Crippen LogP contribution in [0.5, 0.6) is 5.75 Å². The minimum Gasteiger partial charge on any atom is -0.410 e. The fourth-order valence-corrected chi connectivity index (χ4v) is 3.48. The number of rotatable bonds is 5. The fraction of sp³-hybridized carbons (Fsp3) is 0.381.